The van der Waals surface area contributed by atoms with Crippen LogP contribution in [0.15, 0.2) is 77.3 Å². The van der Waals surface area contributed by atoms with Gasteiger partial charge in [0, 0.05) is 4.47 Å². The van der Waals surface area contributed by atoms with Crippen LogP contribution in [0.25, 0.3) is 0 Å². The number of benzene rings is 3. The first-order valence-corrected chi connectivity index (χ1v) is 11.1. The van der Waals surface area contributed by atoms with Crippen molar-refractivity contribution in [1.82, 2.24) is 0 Å². The molecule has 0 radical (unpaired) electrons. The fourth-order valence-corrected chi connectivity index (χ4v) is 4.93. The van der Waals surface area contributed by atoms with Gasteiger partial charge >= 0.3 is 0 Å². The molecular formula is C25H21BrN2O4. The number of hydroxylamine groups is 1. The van der Waals surface area contributed by atoms with Gasteiger partial charge in [0.1, 0.15) is 11.7 Å². The zero-order valence-corrected chi connectivity index (χ0v) is 19.2. The number of nitrogens with zero attached hydrogens (tertiary/aromatic N) is 2. The van der Waals surface area contributed by atoms with E-state index < -0.39 is 18.1 Å². The molecular weight excluding hydrogens is 472 g/mol. The van der Waals surface area contributed by atoms with E-state index in [4.69, 9.17) is 9.57 Å². The maximum Gasteiger partial charge on any atom is 0.266 e. The van der Waals surface area contributed by atoms with Crippen molar-refractivity contribution < 1.29 is 19.2 Å². The molecule has 3 atom stereocenters. The summed E-state index contributed by atoms with van der Waals surface area (Å²) in [6.45, 7) is 1.98. The van der Waals surface area contributed by atoms with E-state index >= 15 is 0 Å². The molecule has 2 aliphatic heterocycles. The van der Waals surface area contributed by atoms with Gasteiger partial charge in [0.05, 0.1) is 24.5 Å². The lowest BCUT2D eigenvalue weighted by Gasteiger charge is -2.30. The second-order valence-corrected chi connectivity index (χ2v) is 8.76. The van der Waals surface area contributed by atoms with Crippen molar-refractivity contribution in [3.8, 4) is 5.75 Å². The Morgan fingerprint density at radius 1 is 0.906 bits per heavy atom. The van der Waals surface area contributed by atoms with Crippen molar-refractivity contribution in [2.24, 2.45) is 5.92 Å². The summed E-state index contributed by atoms with van der Waals surface area (Å²) in [6.07, 6.45) is -0.920. The molecule has 32 heavy (non-hydrogen) atoms. The van der Waals surface area contributed by atoms with Crippen molar-refractivity contribution in [2.75, 3.05) is 17.1 Å². The number of imide groups is 1. The van der Waals surface area contributed by atoms with Gasteiger partial charge in [-0.15, -0.1) is 0 Å². The van der Waals surface area contributed by atoms with Crippen molar-refractivity contribution >= 4 is 39.1 Å². The topological polar surface area (TPSA) is 59.1 Å². The molecule has 2 amide bonds. The van der Waals surface area contributed by atoms with Crippen LogP contribution in [0.2, 0.25) is 0 Å². The van der Waals surface area contributed by atoms with Crippen LogP contribution in [0.4, 0.5) is 11.4 Å². The van der Waals surface area contributed by atoms with Crippen molar-refractivity contribution in [3.05, 3.63) is 88.4 Å². The van der Waals surface area contributed by atoms with Crippen LogP contribution in [0.1, 0.15) is 17.2 Å². The summed E-state index contributed by atoms with van der Waals surface area (Å²) in [5.74, 6) is -0.920. The Balaban J connectivity index is 1.62. The van der Waals surface area contributed by atoms with E-state index in [0.717, 1.165) is 21.3 Å². The van der Waals surface area contributed by atoms with Crippen LogP contribution in [-0.2, 0) is 14.4 Å². The third kappa shape index (κ3) is 3.20. The zero-order chi connectivity index (χ0) is 22.4. The Labute approximate surface area is 194 Å². The van der Waals surface area contributed by atoms with Gasteiger partial charge in [0.2, 0.25) is 5.91 Å². The molecule has 6 nitrogen and oxygen atoms in total. The molecule has 0 spiro atoms. The molecule has 2 fully saturated rings. The summed E-state index contributed by atoms with van der Waals surface area (Å²) >= 11 is 3.53. The molecule has 0 bridgehead atoms. The van der Waals surface area contributed by atoms with Gasteiger partial charge in [-0.2, -0.15) is 0 Å². The summed E-state index contributed by atoms with van der Waals surface area (Å²) in [4.78, 5) is 34.6. The largest absolute Gasteiger partial charge is 0.495 e. The summed E-state index contributed by atoms with van der Waals surface area (Å²) in [5.41, 5.74) is 3.14. The van der Waals surface area contributed by atoms with Gasteiger partial charge < -0.3 is 4.74 Å². The number of rotatable bonds is 4. The molecule has 0 N–H and O–H groups in total. The van der Waals surface area contributed by atoms with E-state index in [-0.39, 0.29) is 11.8 Å². The Bertz CT molecular complexity index is 1210. The number of amides is 2. The first-order valence-electron chi connectivity index (χ1n) is 10.3. The first-order chi connectivity index (χ1) is 15.5. The smallest absolute Gasteiger partial charge is 0.266 e. The summed E-state index contributed by atoms with van der Waals surface area (Å²) in [7, 11) is 1.52. The van der Waals surface area contributed by atoms with E-state index in [1.807, 2.05) is 55.5 Å². The fourth-order valence-electron chi connectivity index (χ4n) is 4.52. The van der Waals surface area contributed by atoms with Gasteiger partial charge in [-0.25, -0.2) is 9.96 Å². The van der Waals surface area contributed by atoms with Gasteiger partial charge in [-0.1, -0.05) is 58.4 Å². The number of hydrogen-bond donors (Lipinski definition) is 0. The molecule has 2 saturated heterocycles. The second-order valence-electron chi connectivity index (χ2n) is 7.85. The molecule has 2 aliphatic rings. The summed E-state index contributed by atoms with van der Waals surface area (Å²) in [5, 5.41) is 1.72. The van der Waals surface area contributed by atoms with Gasteiger partial charge in [0.25, 0.3) is 5.91 Å². The molecule has 5 rings (SSSR count). The highest BCUT2D eigenvalue weighted by atomic mass is 79.9. The minimum Gasteiger partial charge on any atom is -0.495 e. The minimum absolute atomic E-state index is 0.300. The Kier molecular flexibility index (Phi) is 5.23. The number of anilines is 2. The average Bonchev–Trinajstić information content (AvgIpc) is 3.30. The molecule has 0 aliphatic carbocycles. The predicted molar refractivity (Wildman–Crippen MR) is 124 cm³/mol. The van der Waals surface area contributed by atoms with E-state index in [0.29, 0.717) is 11.4 Å². The highest BCUT2D eigenvalue weighted by molar-refractivity contribution is 9.10. The third-order valence-corrected chi connectivity index (χ3v) is 6.48. The lowest BCUT2D eigenvalue weighted by atomic mass is 9.90. The van der Waals surface area contributed by atoms with Gasteiger partial charge in [0.15, 0.2) is 6.10 Å². The Hall–Kier alpha value is -3.16. The van der Waals surface area contributed by atoms with E-state index in [1.165, 1.54) is 12.0 Å². The number of carbonyl (C=O) groups is 2. The fraction of sp³-hybridized carbons (Fsp3) is 0.200. The number of aryl methyl sites for hydroxylation is 1. The molecule has 2 heterocycles. The van der Waals surface area contributed by atoms with Crippen molar-refractivity contribution in [1.29, 1.82) is 0 Å². The molecule has 0 saturated carbocycles. The lowest BCUT2D eigenvalue weighted by Crippen LogP contribution is -2.37. The number of para-hydroxylation sites is 3. The standard InChI is InChI=1S/C25H21BrN2O4/c1-15-8-3-4-11-18(15)28-22(16-9-7-10-17(26)14-16)21-23(32-28)25(30)27(24(21)29)19-12-5-6-13-20(19)31-2/h3-14,21-23H,1-2H3/t21-,22+,23-/m1/s1. The molecule has 0 aromatic heterocycles. The number of hydrogen-bond acceptors (Lipinski definition) is 5. The highest BCUT2D eigenvalue weighted by Gasteiger charge is 2.60. The number of carbonyl (C=O) groups excluding carboxylic acids is 2. The Morgan fingerprint density at radius 2 is 1.62 bits per heavy atom. The summed E-state index contributed by atoms with van der Waals surface area (Å²) in [6, 6.07) is 22.1. The molecule has 7 heteroatoms. The monoisotopic (exact) mass is 492 g/mol. The van der Waals surface area contributed by atoms with Crippen LogP contribution in [-0.4, -0.2) is 25.0 Å². The van der Waals surface area contributed by atoms with E-state index in [9.17, 15) is 9.59 Å². The highest BCUT2D eigenvalue weighted by Crippen LogP contribution is 2.49. The number of ether oxygens (including phenoxy) is 1. The second kappa shape index (κ2) is 8.07. The van der Waals surface area contributed by atoms with Crippen LogP contribution < -0.4 is 14.7 Å². The van der Waals surface area contributed by atoms with E-state index in [1.54, 1.807) is 29.3 Å². The summed E-state index contributed by atoms with van der Waals surface area (Å²) < 4.78 is 6.30. The van der Waals surface area contributed by atoms with Gasteiger partial charge in [-0.3, -0.25) is 14.4 Å². The number of halogens is 1. The maximum absolute atomic E-state index is 13.7. The minimum atomic E-state index is -0.920. The van der Waals surface area contributed by atoms with Crippen LogP contribution in [0.5, 0.6) is 5.75 Å². The average molecular weight is 493 g/mol. The number of methoxy groups -OCH3 is 1. The molecule has 3 aromatic rings. The van der Waals surface area contributed by atoms with Gasteiger partial charge in [-0.05, 0) is 48.4 Å². The number of fused-ring (bicyclic) bond motifs is 1. The van der Waals surface area contributed by atoms with Crippen molar-refractivity contribution in [2.45, 2.75) is 19.1 Å². The van der Waals surface area contributed by atoms with Crippen molar-refractivity contribution in [3.63, 3.8) is 0 Å². The SMILES string of the molecule is COc1ccccc1N1C(=O)[C@H]2[C@@H](ON(c3ccccc3C)[C@H]2c2cccc(Br)c2)C1=O. The maximum atomic E-state index is 13.7. The van der Waals surface area contributed by atoms with Crippen LogP contribution in [0, 0.1) is 12.8 Å². The quantitative estimate of drug-likeness (QED) is 0.488. The lowest BCUT2D eigenvalue weighted by molar-refractivity contribution is -0.126. The van der Waals surface area contributed by atoms with E-state index in [2.05, 4.69) is 15.9 Å². The third-order valence-electron chi connectivity index (χ3n) is 5.98. The first kappa shape index (κ1) is 20.7. The molecule has 0 unspecified atom stereocenters. The Morgan fingerprint density at radius 3 is 2.34 bits per heavy atom. The van der Waals surface area contributed by atoms with Crippen LogP contribution in [0.3, 0.4) is 0 Å². The predicted octanol–water partition coefficient (Wildman–Crippen LogP) is 4.82. The zero-order valence-electron chi connectivity index (χ0n) is 17.6. The van der Waals surface area contributed by atoms with Crippen LogP contribution >= 0.6 is 15.9 Å². The molecule has 162 valence electrons. The molecule has 3 aromatic carbocycles. The normalized spacial score (nSPS) is 22.4.